The Morgan fingerprint density at radius 3 is 2.26 bits per heavy atom. The molecule has 108 valence electrons. The SMILES string of the molecule is CC(N(C)S(=O)(=O)Cc1ccccc1N)C(C)(C)C. The Kier molecular flexibility index (Phi) is 4.63. The largest absolute Gasteiger partial charge is 0.398 e. The number of para-hydroxylation sites is 1. The van der Waals surface area contributed by atoms with E-state index >= 15 is 0 Å². The molecule has 0 bridgehead atoms. The van der Waals surface area contributed by atoms with E-state index in [1.807, 2.05) is 27.7 Å². The molecular formula is C14H24N2O2S. The molecule has 0 saturated carbocycles. The number of sulfonamides is 1. The summed E-state index contributed by atoms with van der Waals surface area (Å²) in [6.07, 6.45) is 0. The van der Waals surface area contributed by atoms with Crippen LogP contribution < -0.4 is 5.73 Å². The van der Waals surface area contributed by atoms with Crippen molar-refractivity contribution in [1.82, 2.24) is 4.31 Å². The molecule has 0 heterocycles. The zero-order valence-electron chi connectivity index (χ0n) is 12.3. The first kappa shape index (κ1) is 16.0. The van der Waals surface area contributed by atoms with Gasteiger partial charge in [0, 0.05) is 18.8 Å². The molecule has 0 aliphatic rings. The van der Waals surface area contributed by atoms with E-state index in [4.69, 9.17) is 5.73 Å². The van der Waals surface area contributed by atoms with Gasteiger partial charge in [0.1, 0.15) is 0 Å². The van der Waals surface area contributed by atoms with E-state index < -0.39 is 10.0 Å². The minimum atomic E-state index is -3.36. The van der Waals surface area contributed by atoms with Gasteiger partial charge in [-0.15, -0.1) is 0 Å². The summed E-state index contributed by atoms with van der Waals surface area (Å²) in [5, 5.41) is 0. The summed E-state index contributed by atoms with van der Waals surface area (Å²) in [5.74, 6) is -0.0589. The lowest BCUT2D eigenvalue weighted by Crippen LogP contribution is -2.43. The van der Waals surface area contributed by atoms with Crippen LogP contribution in [0, 0.1) is 5.41 Å². The molecule has 1 aromatic carbocycles. The Morgan fingerprint density at radius 2 is 1.79 bits per heavy atom. The van der Waals surface area contributed by atoms with Gasteiger partial charge in [-0.05, 0) is 24.0 Å². The predicted molar refractivity (Wildman–Crippen MR) is 80.2 cm³/mol. The average Bonchev–Trinajstić information content (AvgIpc) is 2.28. The van der Waals surface area contributed by atoms with Crippen LogP contribution in [0.2, 0.25) is 0 Å². The third kappa shape index (κ3) is 3.94. The lowest BCUT2D eigenvalue weighted by atomic mass is 9.88. The van der Waals surface area contributed by atoms with Crippen molar-refractivity contribution in [1.29, 1.82) is 0 Å². The molecule has 4 nitrogen and oxygen atoms in total. The number of nitrogens with two attached hydrogens (primary N) is 1. The molecule has 0 saturated heterocycles. The van der Waals surface area contributed by atoms with Crippen LogP contribution in [0.25, 0.3) is 0 Å². The van der Waals surface area contributed by atoms with Crippen LogP contribution in [0.5, 0.6) is 0 Å². The quantitative estimate of drug-likeness (QED) is 0.864. The normalized spacial score (nSPS) is 14.6. The van der Waals surface area contributed by atoms with Gasteiger partial charge < -0.3 is 5.73 Å². The van der Waals surface area contributed by atoms with Crippen LogP contribution >= 0.6 is 0 Å². The molecule has 1 aromatic rings. The summed E-state index contributed by atoms with van der Waals surface area (Å²) in [5.41, 5.74) is 6.86. The highest BCUT2D eigenvalue weighted by atomic mass is 32.2. The number of benzene rings is 1. The van der Waals surface area contributed by atoms with E-state index in [2.05, 4.69) is 0 Å². The van der Waals surface area contributed by atoms with Crippen LogP contribution in [0.3, 0.4) is 0 Å². The molecule has 0 aromatic heterocycles. The highest BCUT2D eigenvalue weighted by molar-refractivity contribution is 7.88. The summed E-state index contributed by atoms with van der Waals surface area (Å²) >= 11 is 0. The number of hydrogen-bond donors (Lipinski definition) is 1. The fourth-order valence-electron chi connectivity index (χ4n) is 1.75. The molecule has 19 heavy (non-hydrogen) atoms. The van der Waals surface area contributed by atoms with Crippen molar-refractivity contribution in [3.63, 3.8) is 0 Å². The van der Waals surface area contributed by atoms with E-state index in [9.17, 15) is 8.42 Å². The van der Waals surface area contributed by atoms with Crippen LogP contribution in [0.4, 0.5) is 5.69 Å². The standard InChI is InChI=1S/C14H24N2O2S/c1-11(14(2,3)4)16(5)19(17,18)10-12-8-6-7-9-13(12)15/h6-9,11H,10,15H2,1-5H3. The van der Waals surface area contributed by atoms with Gasteiger partial charge in [0.15, 0.2) is 0 Å². The van der Waals surface area contributed by atoms with Crippen molar-refractivity contribution in [2.24, 2.45) is 5.41 Å². The Morgan fingerprint density at radius 1 is 1.26 bits per heavy atom. The molecule has 1 rings (SSSR count). The molecule has 0 aliphatic heterocycles. The maximum absolute atomic E-state index is 12.4. The van der Waals surface area contributed by atoms with Gasteiger partial charge in [-0.1, -0.05) is 39.0 Å². The Hall–Kier alpha value is -1.07. The van der Waals surface area contributed by atoms with Gasteiger partial charge in [-0.3, -0.25) is 0 Å². The molecule has 0 fully saturated rings. The number of nitrogen functional groups attached to an aromatic ring is 1. The second-order valence-corrected chi connectivity index (χ2v) is 8.04. The summed E-state index contributed by atoms with van der Waals surface area (Å²) < 4.78 is 26.3. The van der Waals surface area contributed by atoms with E-state index in [0.717, 1.165) is 0 Å². The first-order valence-corrected chi connectivity index (χ1v) is 7.95. The molecule has 0 radical (unpaired) electrons. The van der Waals surface area contributed by atoms with Gasteiger partial charge in [-0.25, -0.2) is 12.7 Å². The van der Waals surface area contributed by atoms with E-state index in [1.165, 1.54) is 4.31 Å². The summed E-state index contributed by atoms with van der Waals surface area (Å²) in [6.45, 7) is 8.01. The maximum atomic E-state index is 12.4. The molecule has 1 unspecified atom stereocenters. The third-order valence-corrected chi connectivity index (χ3v) is 5.50. The monoisotopic (exact) mass is 284 g/mol. The maximum Gasteiger partial charge on any atom is 0.218 e. The lowest BCUT2D eigenvalue weighted by Gasteiger charge is -2.34. The Balaban J connectivity index is 2.97. The minimum Gasteiger partial charge on any atom is -0.398 e. The van der Waals surface area contributed by atoms with Gasteiger partial charge in [0.25, 0.3) is 0 Å². The molecule has 0 spiro atoms. The van der Waals surface area contributed by atoms with Crippen molar-refractivity contribution in [2.75, 3.05) is 12.8 Å². The van der Waals surface area contributed by atoms with Gasteiger partial charge in [0.05, 0.1) is 5.75 Å². The fourth-order valence-corrected chi connectivity index (χ4v) is 3.41. The summed E-state index contributed by atoms with van der Waals surface area (Å²) in [6, 6.07) is 6.99. The van der Waals surface area contributed by atoms with Gasteiger partial charge >= 0.3 is 0 Å². The van der Waals surface area contributed by atoms with Gasteiger partial charge in [0.2, 0.25) is 10.0 Å². The zero-order valence-corrected chi connectivity index (χ0v) is 13.2. The molecule has 2 N–H and O–H groups in total. The van der Waals surface area contributed by atoms with E-state index in [1.54, 1.807) is 31.3 Å². The van der Waals surface area contributed by atoms with E-state index in [-0.39, 0.29) is 17.2 Å². The van der Waals surface area contributed by atoms with Gasteiger partial charge in [-0.2, -0.15) is 0 Å². The van der Waals surface area contributed by atoms with Crippen molar-refractivity contribution >= 4 is 15.7 Å². The lowest BCUT2D eigenvalue weighted by molar-refractivity contribution is 0.216. The number of hydrogen-bond acceptors (Lipinski definition) is 3. The Bertz CT molecular complexity index is 533. The van der Waals surface area contributed by atoms with Crippen LogP contribution in [-0.2, 0) is 15.8 Å². The number of anilines is 1. The predicted octanol–water partition coefficient (Wildman–Crippen LogP) is 2.47. The average molecular weight is 284 g/mol. The van der Waals surface area contributed by atoms with Crippen LogP contribution in [0.1, 0.15) is 33.3 Å². The van der Waals surface area contributed by atoms with Crippen molar-refractivity contribution in [3.8, 4) is 0 Å². The second-order valence-electron chi connectivity index (χ2n) is 6.01. The topological polar surface area (TPSA) is 63.4 Å². The molecule has 5 heteroatoms. The van der Waals surface area contributed by atoms with Crippen LogP contribution in [-0.4, -0.2) is 25.8 Å². The number of nitrogens with zero attached hydrogens (tertiary/aromatic N) is 1. The van der Waals surface area contributed by atoms with Crippen LogP contribution in [0.15, 0.2) is 24.3 Å². The molecular weight excluding hydrogens is 260 g/mol. The minimum absolute atomic E-state index is 0.0589. The van der Waals surface area contributed by atoms with Crippen molar-refractivity contribution in [2.45, 2.75) is 39.5 Å². The zero-order chi connectivity index (χ0) is 14.8. The summed E-state index contributed by atoms with van der Waals surface area (Å²) in [7, 11) is -1.74. The second kappa shape index (κ2) is 5.51. The number of rotatable bonds is 4. The molecule has 0 amide bonds. The molecule has 1 atom stereocenters. The Labute approximate surface area is 116 Å². The highest BCUT2D eigenvalue weighted by Crippen LogP contribution is 2.26. The molecule has 0 aliphatic carbocycles. The van der Waals surface area contributed by atoms with Crippen molar-refractivity contribution < 1.29 is 8.42 Å². The highest BCUT2D eigenvalue weighted by Gasteiger charge is 2.31. The van der Waals surface area contributed by atoms with E-state index in [0.29, 0.717) is 11.3 Å². The smallest absolute Gasteiger partial charge is 0.218 e. The first-order chi connectivity index (χ1) is 8.55. The summed E-state index contributed by atoms with van der Waals surface area (Å²) in [4.78, 5) is 0. The fraction of sp³-hybridized carbons (Fsp3) is 0.571. The third-order valence-electron chi connectivity index (χ3n) is 3.63. The first-order valence-electron chi connectivity index (χ1n) is 6.35. The van der Waals surface area contributed by atoms with Crippen molar-refractivity contribution in [3.05, 3.63) is 29.8 Å².